The van der Waals surface area contributed by atoms with Crippen molar-refractivity contribution in [2.24, 2.45) is 0 Å². The first-order chi connectivity index (χ1) is 14.3. The Kier molecular flexibility index (Phi) is 4.21. The van der Waals surface area contributed by atoms with Crippen LogP contribution in [0.2, 0.25) is 0 Å². The fourth-order valence-corrected chi connectivity index (χ4v) is 3.18. The van der Waals surface area contributed by atoms with Gasteiger partial charge in [0.25, 0.3) is 0 Å². The minimum atomic E-state index is 0.602. The fourth-order valence-electron chi connectivity index (χ4n) is 3.18. The lowest BCUT2D eigenvalue weighted by Gasteiger charge is -2.06. The summed E-state index contributed by atoms with van der Waals surface area (Å²) >= 11 is 0. The zero-order chi connectivity index (χ0) is 19.6. The van der Waals surface area contributed by atoms with Gasteiger partial charge in [-0.15, -0.1) is 0 Å². The molecule has 0 aliphatic rings. The van der Waals surface area contributed by atoms with Gasteiger partial charge in [-0.25, -0.2) is 19.6 Å². The largest absolute Gasteiger partial charge is 0.496 e. The maximum atomic E-state index is 5.39. The molecule has 0 spiro atoms. The van der Waals surface area contributed by atoms with Crippen LogP contribution in [0.5, 0.6) is 5.75 Å². The van der Waals surface area contributed by atoms with E-state index < -0.39 is 0 Å². The quantitative estimate of drug-likeness (QED) is 0.500. The number of nitrogens with zero attached hydrogens (tertiary/aromatic N) is 6. The highest BCUT2D eigenvalue weighted by molar-refractivity contribution is 5.76. The van der Waals surface area contributed by atoms with Crippen LogP contribution in [0.25, 0.3) is 33.9 Å². The normalized spacial score (nSPS) is 11.1. The van der Waals surface area contributed by atoms with Crippen LogP contribution in [0, 0.1) is 0 Å². The molecule has 0 aliphatic heterocycles. The van der Waals surface area contributed by atoms with Crippen LogP contribution in [-0.2, 0) is 6.54 Å². The van der Waals surface area contributed by atoms with Crippen molar-refractivity contribution in [2.75, 3.05) is 7.11 Å². The summed E-state index contributed by atoms with van der Waals surface area (Å²) in [5, 5.41) is 4.41. The van der Waals surface area contributed by atoms with Gasteiger partial charge in [-0.05, 0) is 23.8 Å². The van der Waals surface area contributed by atoms with Crippen molar-refractivity contribution in [3.63, 3.8) is 0 Å². The lowest BCUT2D eigenvalue weighted by atomic mass is 10.2. The van der Waals surface area contributed by atoms with Crippen molar-refractivity contribution in [1.29, 1.82) is 0 Å². The van der Waals surface area contributed by atoms with E-state index in [2.05, 4.69) is 25.0 Å². The number of rotatable bonds is 5. The fraction of sp³-hybridized carbons (Fsp3) is 0.0952. The second-order valence-corrected chi connectivity index (χ2v) is 6.48. The van der Waals surface area contributed by atoms with Gasteiger partial charge in [0, 0.05) is 24.8 Å². The second kappa shape index (κ2) is 7.16. The minimum absolute atomic E-state index is 0.602. The van der Waals surface area contributed by atoms with E-state index in [1.165, 1.54) is 0 Å². The van der Waals surface area contributed by atoms with Crippen molar-refractivity contribution >= 4 is 11.2 Å². The van der Waals surface area contributed by atoms with Crippen LogP contribution >= 0.6 is 0 Å². The number of hydrogen-bond acceptors (Lipinski definition) is 6. The number of nitrogens with one attached hydrogen (secondary N) is 1. The molecule has 0 aliphatic carbocycles. The minimum Gasteiger partial charge on any atom is -0.496 e. The first-order valence-corrected chi connectivity index (χ1v) is 9.08. The highest BCUT2D eigenvalue weighted by Crippen LogP contribution is 2.27. The molecule has 1 N–H and O–H groups in total. The van der Waals surface area contributed by atoms with Crippen LogP contribution in [0.4, 0.5) is 0 Å². The molecule has 29 heavy (non-hydrogen) atoms. The Balaban J connectivity index is 1.45. The molecular weight excluding hydrogens is 366 g/mol. The molecule has 0 saturated heterocycles. The van der Waals surface area contributed by atoms with Crippen molar-refractivity contribution in [3.05, 3.63) is 72.9 Å². The first-order valence-electron chi connectivity index (χ1n) is 9.08. The molecule has 0 saturated carbocycles. The van der Waals surface area contributed by atoms with Crippen LogP contribution in [-0.4, -0.2) is 41.8 Å². The Morgan fingerprint density at radius 2 is 1.86 bits per heavy atom. The van der Waals surface area contributed by atoms with E-state index in [4.69, 9.17) is 9.72 Å². The van der Waals surface area contributed by atoms with Crippen molar-refractivity contribution < 1.29 is 4.74 Å². The van der Waals surface area contributed by atoms with Gasteiger partial charge in [0.1, 0.15) is 17.1 Å². The van der Waals surface area contributed by atoms with Crippen LogP contribution in [0.1, 0.15) is 5.56 Å². The van der Waals surface area contributed by atoms with E-state index in [1.807, 2.05) is 47.3 Å². The Morgan fingerprint density at radius 3 is 2.66 bits per heavy atom. The molecule has 0 radical (unpaired) electrons. The zero-order valence-corrected chi connectivity index (χ0v) is 15.6. The van der Waals surface area contributed by atoms with E-state index in [0.717, 1.165) is 33.6 Å². The number of hydrogen-bond donors (Lipinski definition) is 1. The van der Waals surface area contributed by atoms with Gasteiger partial charge < -0.3 is 9.72 Å². The molecule has 0 bridgehead atoms. The third kappa shape index (κ3) is 3.20. The number of imidazole rings is 1. The molecule has 4 aromatic heterocycles. The van der Waals surface area contributed by atoms with Crippen molar-refractivity contribution in [1.82, 2.24) is 34.7 Å². The third-order valence-corrected chi connectivity index (χ3v) is 4.61. The van der Waals surface area contributed by atoms with Gasteiger partial charge in [0.2, 0.25) is 0 Å². The zero-order valence-electron chi connectivity index (χ0n) is 15.6. The Morgan fingerprint density at radius 1 is 1.00 bits per heavy atom. The molecule has 5 rings (SSSR count). The molecule has 4 heterocycles. The number of methoxy groups -OCH3 is 1. The topological polar surface area (TPSA) is 94.4 Å². The molecular formula is C21H17N7O. The van der Waals surface area contributed by atoms with Crippen LogP contribution in [0.15, 0.2) is 67.4 Å². The summed E-state index contributed by atoms with van der Waals surface area (Å²) in [6.45, 7) is 0.602. The highest BCUT2D eigenvalue weighted by Gasteiger charge is 2.13. The third-order valence-electron chi connectivity index (χ3n) is 4.61. The summed E-state index contributed by atoms with van der Waals surface area (Å²) in [5.41, 5.74) is 4.34. The van der Waals surface area contributed by atoms with Gasteiger partial charge in [-0.3, -0.25) is 4.98 Å². The summed E-state index contributed by atoms with van der Waals surface area (Å²) < 4.78 is 7.24. The highest BCUT2D eigenvalue weighted by atomic mass is 16.5. The predicted molar refractivity (Wildman–Crippen MR) is 108 cm³/mol. The molecule has 8 nitrogen and oxygen atoms in total. The maximum absolute atomic E-state index is 5.39. The number of ether oxygens (including phenoxy) is 1. The number of fused-ring (bicyclic) bond motifs is 1. The predicted octanol–water partition coefficient (Wildman–Crippen LogP) is 3.34. The molecule has 1 aromatic carbocycles. The summed E-state index contributed by atoms with van der Waals surface area (Å²) in [4.78, 5) is 21.1. The van der Waals surface area contributed by atoms with E-state index in [1.54, 1.807) is 31.9 Å². The van der Waals surface area contributed by atoms with Gasteiger partial charge in [-0.2, -0.15) is 5.10 Å². The molecule has 142 valence electrons. The molecule has 0 fully saturated rings. The SMILES string of the molecule is COc1ccccc1-c1ncc(-c2nc3c(cnn3Cc3cccnc3)[nH]2)cn1. The van der Waals surface area contributed by atoms with E-state index in [-0.39, 0.29) is 0 Å². The number of H-pyrrole nitrogens is 1. The number of aromatic nitrogens is 7. The summed E-state index contributed by atoms with van der Waals surface area (Å²) in [7, 11) is 1.64. The smallest absolute Gasteiger partial charge is 0.177 e. The van der Waals surface area contributed by atoms with Gasteiger partial charge in [-0.1, -0.05) is 18.2 Å². The lowest BCUT2D eigenvalue weighted by Crippen LogP contribution is -2.02. The van der Waals surface area contributed by atoms with Gasteiger partial charge in [0.15, 0.2) is 11.5 Å². The average Bonchev–Trinajstić information content (AvgIpc) is 3.37. The standard InChI is InChI=1S/C21H17N7O/c1-29-18-7-3-2-6-16(18)20-23-10-15(11-24-20)19-26-17-12-25-28(21(17)27-19)13-14-5-4-8-22-9-14/h2-12H,13H2,1H3,(H,26,27). The first kappa shape index (κ1) is 17.1. The summed E-state index contributed by atoms with van der Waals surface area (Å²) in [5.74, 6) is 2.04. The summed E-state index contributed by atoms with van der Waals surface area (Å²) in [6, 6.07) is 11.6. The van der Waals surface area contributed by atoms with E-state index in [9.17, 15) is 0 Å². The molecule has 0 atom stereocenters. The summed E-state index contributed by atoms with van der Waals surface area (Å²) in [6.07, 6.45) is 8.86. The molecule has 8 heteroatoms. The maximum Gasteiger partial charge on any atom is 0.177 e. The Hall–Kier alpha value is -4.07. The van der Waals surface area contributed by atoms with Gasteiger partial charge >= 0.3 is 0 Å². The number of pyridine rings is 1. The second-order valence-electron chi connectivity index (χ2n) is 6.48. The monoisotopic (exact) mass is 383 g/mol. The lowest BCUT2D eigenvalue weighted by molar-refractivity contribution is 0.416. The Labute approximate surface area is 166 Å². The molecule has 0 unspecified atom stereocenters. The van der Waals surface area contributed by atoms with Crippen molar-refractivity contribution in [3.8, 4) is 28.5 Å². The number of benzene rings is 1. The molecule has 0 amide bonds. The Bertz CT molecular complexity index is 1260. The van der Waals surface area contributed by atoms with Crippen molar-refractivity contribution in [2.45, 2.75) is 6.54 Å². The van der Waals surface area contributed by atoms with Gasteiger partial charge in [0.05, 0.1) is 31.0 Å². The van der Waals surface area contributed by atoms with Crippen LogP contribution in [0.3, 0.4) is 0 Å². The molecule has 5 aromatic rings. The number of aromatic amines is 1. The average molecular weight is 383 g/mol. The van der Waals surface area contributed by atoms with E-state index >= 15 is 0 Å². The number of para-hydroxylation sites is 1. The van der Waals surface area contributed by atoms with Crippen LogP contribution < -0.4 is 4.74 Å². The van der Waals surface area contributed by atoms with E-state index in [0.29, 0.717) is 18.2 Å².